The van der Waals surface area contributed by atoms with Gasteiger partial charge < -0.3 is 20.3 Å². The van der Waals surface area contributed by atoms with Crippen LogP contribution >= 0.6 is 0 Å². The zero-order valence-electron chi connectivity index (χ0n) is 16.2. The van der Waals surface area contributed by atoms with Gasteiger partial charge in [-0.15, -0.1) is 0 Å². The van der Waals surface area contributed by atoms with Crippen LogP contribution in [0.15, 0.2) is 49.0 Å². The van der Waals surface area contributed by atoms with Gasteiger partial charge in [0.25, 0.3) is 5.91 Å². The van der Waals surface area contributed by atoms with E-state index in [9.17, 15) is 23.2 Å². The monoisotopic (exact) mass is 432 g/mol. The summed E-state index contributed by atoms with van der Waals surface area (Å²) in [7, 11) is 0. The van der Waals surface area contributed by atoms with Crippen molar-refractivity contribution in [3.63, 3.8) is 0 Å². The normalized spacial score (nSPS) is 23.0. The number of alkyl halides is 3. The van der Waals surface area contributed by atoms with E-state index in [1.165, 1.54) is 18.4 Å². The first-order valence-corrected chi connectivity index (χ1v) is 9.57. The highest BCUT2D eigenvalue weighted by atomic mass is 19.4. The quantitative estimate of drug-likeness (QED) is 0.701. The van der Waals surface area contributed by atoms with Crippen molar-refractivity contribution in [1.82, 2.24) is 25.3 Å². The largest absolute Gasteiger partial charge is 0.467 e. The summed E-state index contributed by atoms with van der Waals surface area (Å²) in [6, 6.07) is 6.18. The number of likely N-dealkylation sites (tertiary alicyclic amines) is 1. The van der Waals surface area contributed by atoms with Gasteiger partial charge in [0.05, 0.1) is 23.8 Å². The van der Waals surface area contributed by atoms with Gasteiger partial charge in [0.1, 0.15) is 6.26 Å². The van der Waals surface area contributed by atoms with Gasteiger partial charge in [0, 0.05) is 30.5 Å². The lowest BCUT2D eigenvalue weighted by Gasteiger charge is -2.17. The summed E-state index contributed by atoms with van der Waals surface area (Å²) in [6.45, 7) is 0.876. The van der Waals surface area contributed by atoms with Crippen molar-refractivity contribution in [2.75, 3.05) is 6.54 Å². The molecule has 0 radical (unpaired) electrons. The van der Waals surface area contributed by atoms with Gasteiger partial charge in [0.15, 0.2) is 6.19 Å². The fraction of sp³-hybridized carbons (Fsp3) is 0.350. The van der Waals surface area contributed by atoms with E-state index in [0.29, 0.717) is 19.5 Å². The highest BCUT2D eigenvalue weighted by Gasteiger charge is 2.36. The first kappa shape index (κ1) is 20.6. The Morgan fingerprint density at radius 2 is 2.23 bits per heavy atom. The molecule has 1 fully saturated rings. The van der Waals surface area contributed by atoms with Gasteiger partial charge in [-0.1, -0.05) is 12.1 Å². The predicted octanol–water partition coefficient (Wildman–Crippen LogP) is 1.89. The highest BCUT2D eigenvalue weighted by Crippen LogP contribution is 2.31. The van der Waals surface area contributed by atoms with Crippen LogP contribution in [0.3, 0.4) is 0 Å². The van der Waals surface area contributed by atoms with E-state index in [0.717, 1.165) is 12.1 Å². The second-order valence-corrected chi connectivity index (χ2v) is 7.35. The number of rotatable bonds is 5. The predicted molar refractivity (Wildman–Crippen MR) is 102 cm³/mol. The fourth-order valence-electron chi connectivity index (χ4n) is 3.71. The second-order valence-electron chi connectivity index (χ2n) is 7.35. The van der Waals surface area contributed by atoms with E-state index in [2.05, 4.69) is 21.9 Å². The van der Waals surface area contributed by atoms with Crippen molar-refractivity contribution in [1.29, 1.82) is 5.26 Å². The topological polar surface area (TPSA) is 95.2 Å². The number of nitrogens with one attached hydrogen (secondary N) is 2. The third kappa shape index (κ3) is 4.58. The second kappa shape index (κ2) is 8.22. The minimum Gasteiger partial charge on any atom is -0.467 e. The van der Waals surface area contributed by atoms with Gasteiger partial charge >= 0.3 is 6.18 Å². The molecule has 11 heteroatoms. The van der Waals surface area contributed by atoms with Crippen LogP contribution in [0.4, 0.5) is 13.2 Å². The maximum atomic E-state index is 12.9. The maximum Gasteiger partial charge on any atom is 0.416 e. The molecule has 3 atom stereocenters. The van der Waals surface area contributed by atoms with E-state index in [1.54, 1.807) is 28.0 Å². The Bertz CT molecular complexity index is 1010. The van der Waals surface area contributed by atoms with Crippen LogP contribution in [0, 0.1) is 11.5 Å². The molecule has 1 aromatic carbocycles. The molecular weight excluding hydrogens is 413 g/mol. The zero-order valence-corrected chi connectivity index (χ0v) is 16.2. The van der Waals surface area contributed by atoms with E-state index < -0.39 is 23.9 Å². The average molecular weight is 432 g/mol. The number of hydrogen-bond donors (Lipinski definition) is 2. The van der Waals surface area contributed by atoms with Crippen LogP contribution in [-0.4, -0.2) is 45.4 Å². The highest BCUT2D eigenvalue weighted by molar-refractivity contribution is 5.84. The molecule has 1 unspecified atom stereocenters. The minimum atomic E-state index is -4.46. The molecule has 31 heavy (non-hydrogen) atoms. The van der Waals surface area contributed by atoms with Gasteiger partial charge in [-0.05, 0) is 24.6 Å². The number of aromatic nitrogens is 2. The number of ether oxygens (including phenoxy) is 1. The Kier molecular flexibility index (Phi) is 5.46. The van der Waals surface area contributed by atoms with Gasteiger partial charge in [-0.2, -0.15) is 23.5 Å². The number of carbonyl (C=O) groups is 1. The molecule has 2 aromatic rings. The Morgan fingerprint density at radius 3 is 2.94 bits per heavy atom. The number of hydrogen-bond acceptors (Lipinski definition) is 6. The number of nitrogens with zero attached hydrogens (tertiary/aromatic N) is 4. The molecule has 0 saturated carbocycles. The molecule has 3 heterocycles. The Labute approximate surface area is 175 Å². The van der Waals surface area contributed by atoms with Crippen LogP contribution in [0.1, 0.15) is 17.5 Å². The molecule has 1 saturated heterocycles. The molecule has 2 aliphatic rings. The Hall–Kier alpha value is -3.68. The lowest BCUT2D eigenvalue weighted by Crippen LogP contribution is -2.46. The van der Waals surface area contributed by atoms with Crippen LogP contribution in [0.2, 0.25) is 0 Å². The van der Waals surface area contributed by atoms with E-state index >= 15 is 0 Å². The number of carbonyl (C=O) groups excluding carboxylic acids is 1. The van der Waals surface area contributed by atoms with Crippen molar-refractivity contribution in [2.45, 2.75) is 37.5 Å². The average Bonchev–Trinajstić information content (AvgIpc) is 3.49. The summed E-state index contributed by atoms with van der Waals surface area (Å²) in [6.07, 6.45) is 1.86. The Morgan fingerprint density at radius 1 is 1.39 bits per heavy atom. The first-order chi connectivity index (χ1) is 14.8. The molecule has 2 N–H and O–H groups in total. The molecule has 2 aliphatic heterocycles. The molecule has 162 valence electrons. The summed E-state index contributed by atoms with van der Waals surface area (Å²) in [4.78, 5) is 14.2. The number of halogens is 3. The van der Waals surface area contributed by atoms with Crippen LogP contribution in [0.25, 0.3) is 5.70 Å². The van der Waals surface area contributed by atoms with Gasteiger partial charge in [0.2, 0.25) is 6.23 Å². The van der Waals surface area contributed by atoms with Crippen molar-refractivity contribution in [3.05, 3.63) is 60.1 Å². The summed E-state index contributed by atoms with van der Waals surface area (Å²) in [5.74, 6) is -0.458. The van der Waals surface area contributed by atoms with Gasteiger partial charge in [-0.3, -0.25) is 9.48 Å². The van der Waals surface area contributed by atoms with Gasteiger partial charge in [-0.25, -0.2) is 0 Å². The summed E-state index contributed by atoms with van der Waals surface area (Å²) in [5.41, 5.74) is -0.236. The maximum absolute atomic E-state index is 12.9. The first-order valence-electron chi connectivity index (χ1n) is 9.57. The SMILES string of the molecule is N#CN1C[C@H](NC(=O)C2NC(c3cccc(C(F)(F)F)c3)=CO2)C[C@H]1Cn1cccn1. The molecule has 4 rings (SSSR count). The Balaban J connectivity index is 1.34. The number of nitriles is 1. The lowest BCUT2D eigenvalue weighted by molar-refractivity contribution is -0.137. The summed E-state index contributed by atoms with van der Waals surface area (Å²) >= 11 is 0. The fourth-order valence-corrected chi connectivity index (χ4v) is 3.71. The van der Waals surface area contributed by atoms with Crippen molar-refractivity contribution in [3.8, 4) is 6.19 Å². The van der Waals surface area contributed by atoms with Crippen LogP contribution < -0.4 is 10.6 Å². The van der Waals surface area contributed by atoms with Crippen molar-refractivity contribution < 1.29 is 22.7 Å². The van der Waals surface area contributed by atoms with Crippen molar-refractivity contribution >= 4 is 11.6 Å². The summed E-state index contributed by atoms with van der Waals surface area (Å²) in [5, 5.41) is 19.2. The van der Waals surface area contributed by atoms with Crippen LogP contribution in [-0.2, 0) is 22.3 Å². The molecule has 0 bridgehead atoms. The third-order valence-corrected chi connectivity index (χ3v) is 5.19. The van der Waals surface area contributed by atoms with E-state index in [4.69, 9.17) is 4.74 Å². The molecule has 0 spiro atoms. The third-order valence-electron chi connectivity index (χ3n) is 5.19. The summed E-state index contributed by atoms with van der Waals surface area (Å²) < 4.78 is 45.8. The van der Waals surface area contributed by atoms with E-state index in [-0.39, 0.29) is 23.3 Å². The number of benzene rings is 1. The zero-order chi connectivity index (χ0) is 22.0. The van der Waals surface area contributed by atoms with Crippen LogP contribution in [0.5, 0.6) is 0 Å². The standard InChI is InChI=1S/C20H19F3N6O2/c21-20(22,23)14-4-1-3-13(7-14)17-11-31-19(27-17)18(30)26-15-8-16(28(9-15)12-24)10-29-6-2-5-25-29/h1-7,11,15-16,19,27H,8-10H2,(H,26,30)/t15-,16+,19?/m1/s1. The molecule has 8 nitrogen and oxygen atoms in total. The molecule has 1 aromatic heterocycles. The molecular formula is C20H19F3N6O2. The lowest BCUT2D eigenvalue weighted by atomic mass is 10.1. The van der Waals surface area contributed by atoms with Crippen molar-refractivity contribution in [2.24, 2.45) is 0 Å². The van der Waals surface area contributed by atoms with E-state index in [1.807, 2.05) is 0 Å². The molecule has 1 amide bonds. The number of amides is 1. The molecule has 0 aliphatic carbocycles. The smallest absolute Gasteiger partial charge is 0.416 e. The minimum absolute atomic E-state index is 0.105.